The molecule has 0 spiro atoms. The summed E-state index contributed by atoms with van der Waals surface area (Å²) in [5.41, 5.74) is -0.436. The Morgan fingerprint density at radius 2 is 1.65 bits per heavy atom. The Bertz CT molecular complexity index is 957. The first-order valence-electron chi connectivity index (χ1n) is 6.81. The Morgan fingerprint density at radius 1 is 1.00 bits per heavy atom. The van der Waals surface area contributed by atoms with E-state index in [1.165, 1.54) is 14.0 Å². The maximum atomic E-state index is 12.4. The molecule has 6 heteroatoms. The number of benzene rings is 2. The highest BCUT2D eigenvalue weighted by Crippen LogP contribution is 2.45. The van der Waals surface area contributed by atoms with Crippen LogP contribution in [0.15, 0.2) is 39.5 Å². The first-order chi connectivity index (χ1) is 11.0. The average Bonchev–Trinajstić information content (AvgIpc) is 2.56. The molecule has 0 aliphatic rings. The number of aromatic hydroxyl groups is 3. The molecular formula is C17H14O6. The lowest BCUT2D eigenvalue weighted by Crippen LogP contribution is -2.04. The molecule has 3 N–H and O–H groups in total. The third-order valence-electron chi connectivity index (χ3n) is 3.69. The summed E-state index contributed by atoms with van der Waals surface area (Å²) < 4.78 is 10.6. The summed E-state index contributed by atoms with van der Waals surface area (Å²) in [6, 6.07) is 8.49. The minimum Gasteiger partial charge on any atom is -0.507 e. The van der Waals surface area contributed by atoms with E-state index in [1.807, 2.05) is 0 Å². The average molecular weight is 314 g/mol. The molecule has 0 radical (unpaired) electrons. The predicted octanol–water partition coefficient (Wildman–Crippen LogP) is 2.89. The predicted molar refractivity (Wildman–Crippen MR) is 84.2 cm³/mol. The van der Waals surface area contributed by atoms with E-state index in [4.69, 9.17) is 9.15 Å². The largest absolute Gasteiger partial charge is 0.507 e. The number of rotatable bonds is 2. The van der Waals surface area contributed by atoms with Crippen LogP contribution in [0.25, 0.3) is 22.3 Å². The van der Waals surface area contributed by atoms with Gasteiger partial charge < -0.3 is 24.5 Å². The summed E-state index contributed by atoms with van der Waals surface area (Å²) >= 11 is 0. The van der Waals surface area contributed by atoms with E-state index in [-0.39, 0.29) is 28.0 Å². The quantitative estimate of drug-likeness (QED) is 0.629. The van der Waals surface area contributed by atoms with Gasteiger partial charge in [-0.2, -0.15) is 0 Å². The number of methoxy groups -OCH3 is 1. The fourth-order valence-corrected chi connectivity index (χ4v) is 2.52. The number of phenolic OH excluding ortho intramolecular Hbond substituents is 2. The number of ether oxygens (including phenoxy) is 1. The van der Waals surface area contributed by atoms with Gasteiger partial charge in [0, 0.05) is 11.1 Å². The fourth-order valence-electron chi connectivity index (χ4n) is 2.52. The number of hydrogen-bond donors (Lipinski definition) is 3. The topological polar surface area (TPSA) is 100 Å². The van der Waals surface area contributed by atoms with Crippen LogP contribution >= 0.6 is 0 Å². The summed E-state index contributed by atoms with van der Waals surface area (Å²) in [5.74, 6) is -1.54. The lowest BCUT2D eigenvalue weighted by molar-refractivity contribution is 0.362. The zero-order valence-corrected chi connectivity index (χ0v) is 12.5. The Labute approximate surface area is 130 Å². The van der Waals surface area contributed by atoms with Crippen molar-refractivity contribution in [1.29, 1.82) is 0 Å². The summed E-state index contributed by atoms with van der Waals surface area (Å²) in [4.78, 5) is 12.4. The molecular weight excluding hydrogens is 300 g/mol. The van der Waals surface area contributed by atoms with Crippen LogP contribution in [0.2, 0.25) is 0 Å². The van der Waals surface area contributed by atoms with E-state index in [9.17, 15) is 20.1 Å². The van der Waals surface area contributed by atoms with Crippen LogP contribution < -0.4 is 10.2 Å². The van der Waals surface area contributed by atoms with Gasteiger partial charge in [-0.25, -0.2) is 0 Å². The minimum atomic E-state index is -0.830. The highest BCUT2D eigenvalue weighted by atomic mass is 16.5. The van der Waals surface area contributed by atoms with Crippen LogP contribution in [-0.4, -0.2) is 22.4 Å². The molecule has 3 aromatic rings. The maximum absolute atomic E-state index is 12.4. The molecule has 1 heterocycles. The standard InChI is InChI=1S/C17H14O6/c1-8-11(18)10-12(19)13(20)16(9-6-4-3-5-7-9)23-17(10)14(21)15(8)22-2/h3-7,18,20-21H,1-2H3. The van der Waals surface area contributed by atoms with Crippen LogP contribution in [0, 0.1) is 6.92 Å². The first-order valence-corrected chi connectivity index (χ1v) is 6.81. The second-order valence-corrected chi connectivity index (χ2v) is 5.03. The van der Waals surface area contributed by atoms with E-state index >= 15 is 0 Å². The molecule has 0 atom stereocenters. The molecule has 0 aliphatic carbocycles. The fraction of sp³-hybridized carbons (Fsp3) is 0.118. The van der Waals surface area contributed by atoms with Gasteiger partial charge in [-0.05, 0) is 6.92 Å². The zero-order chi connectivity index (χ0) is 16.7. The lowest BCUT2D eigenvalue weighted by Gasteiger charge is -2.13. The molecule has 23 heavy (non-hydrogen) atoms. The van der Waals surface area contributed by atoms with Crippen LogP contribution in [0.5, 0.6) is 23.0 Å². The van der Waals surface area contributed by atoms with Crippen molar-refractivity contribution in [2.75, 3.05) is 7.11 Å². The van der Waals surface area contributed by atoms with Crippen molar-refractivity contribution in [3.63, 3.8) is 0 Å². The van der Waals surface area contributed by atoms with Gasteiger partial charge in [0.05, 0.1) is 7.11 Å². The third-order valence-corrected chi connectivity index (χ3v) is 3.69. The number of hydrogen-bond acceptors (Lipinski definition) is 6. The Hall–Kier alpha value is -3.15. The van der Waals surface area contributed by atoms with Crippen molar-refractivity contribution in [2.45, 2.75) is 6.92 Å². The second kappa shape index (κ2) is 5.24. The van der Waals surface area contributed by atoms with Gasteiger partial charge in [-0.15, -0.1) is 0 Å². The number of phenols is 2. The van der Waals surface area contributed by atoms with Gasteiger partial charge in [0.15, 0.2) is 17.1 Å². The zero-order valence-electron chi connectivity index (χ0n) is 12.5. The van der Waals surface area contributed by atoms with Crippen LogP contribution in [-0.2, 0) is 0 Å². The smallest absolute Gasteiger partial charge is 0.238 e. The molecule has 0 saturated heterocycles. The molecule has 0 fully saturated rings. The van der Waals surface area contributed by atoms with E-state index in [1.54, 1.807) is 30.3 Å². The van der Waals surface area contributed by atoms with Crippen molar-refractivity contribution < 1.29 is 24.5 Å². The monoisotopic (exact) mass is 314 g/mol. The molecule has 6 nitrogen and oxygen atoms in total. The molecule has 0 bridgehead atoms. The third kappa shape index (κ3) is 2.07. The summed E-state index contributed by atoms with van der Waals surface area (Å²) in [5, 5.41) is 30.3. The van der Waals surface area contributed by atoms with E-state index < -0.39 is 22.7 Å². The lowest BCUT2D eigenvalue weighted by atomic mass is 10.1. The molecule has 0 aliphatic heterocycles. The number of fused-ring (bicyclic) bond motifs is 1. The summed E-state index contributed by atoms with van der Waals surface area (Å²) in [6.45, 7) is 1.48. The van der Waals surface area contributed by atoms with Gasteiger partial charge in [0.1, 0.15) is 11.1 Å². The molecule has 0 amide bonds. The van der Waals surface area contributed by atoms with E-state index in [0.717, 1.165) is 0 Å². The Morgan fingerprint density at radius 3 is 2.26 bits per heavy atom. The molecule has 3 rings (SSSR count). The van der Waals surface area contributed by atoms with Crippen LogP contribution in [0.1, 0.15) is 5.56 Å². The molecule has 2 aromatic carbocycles. The van der Waals surface area contributed by atoms with Crippen molar-refractivity contribution in [1.82, 2.24) is 0 Å². The van der Waals surface area contributed by atoms with Gasteiger partial charge >= 0.3 is 0 Å². The molecule has 118 valence electrons. The van der Waals surface area contributed by atoms with Crippen molar-refractivity contribution in [3.05, 3.63) is 46.1 Å². The molecule has 0 saturated carbocycles. The van der Waals surface area contributed by atoms with Crippen molar-refractivity contribution in [3.8, 4) is 34.3 Å². The minimum absolute atomic E-state index is 0.00264. The molecule has 0 unspecified atom stereocenters. The van der Waals surface area contributed by atoms with Crippen molar-refractivity contribution in [2.24, 2.45) is 0 Å². The Kier molecular flexibility index (Phi) is 3.37. The highest BCUT2D eigenvalue weighted by molar-refractivity contribution is 5.94. The molecule has 1 aromatic heterocycles. The van der Waals surface area contributed by atoms with Gasteiger partial charge in [0.25, 0.3) is 0 Å². The Balaban J connectivity index is 2.50. The van der Waals surface area contributed by atoms with Gasteiger partial charge in [-0.3, -0.25) is 4.79 Å². The van der Waals surface area contributed by atoms with E-state index in [2.05, 4.69) is 0 Å². The SMILES string of the molecule is COc1c(C)c(O)c2c(=O)c(O)c(-c3ccccc3)oc2c1O. The van der Waals surface area contributed by atoms with Crippen LogP contribution in [0.3, 0.4) is 0 Å². The van der Waals surface area contributed by atoms with E-state index in [0.29, 0.717) is 5.56 Å². The van der Waals surface area contributed by atoms with Gasteiger partial charge in [-0.1, -0.05) is 30.3 Å². The van der Waals surface area contributed by atoms with Gasteiger partial charge in [0.2, 0.25) is 16.9 Å². The first kappa shape index (κ1) is 14.8. The maximum Gasteiger partial charge on any atom is 0.238 e. The van der Waals surface area contributed by atoms with Crippen molar-refractivity contribution >= 4 is 11.0 Å². The van der Waals surface area contributed by atoms with Crippen LogP contribution in [0.4, 0.5) is 0 Å². The summed E-state index contributed by atoms with van der Waals surface area (Å²) in [7, 11) is 1.32. The summed E-state index contributed by atoms with van der Waals surface area (Å²) in [6.07, 6.45) is 0. The second-order valence-electron chi connectivity index (χ2n) is 5.03. The highest BCUT2D eigenvalue weighted by Gasteiger charge is 2.25. The normalized spacial score (nSPS) is 10.9.